The Morgan fingerprint density at radius 2 is 1.62 bits per heavy atom. The number of carbonyl (C=O) groups excluding carboxylic acids is 1. The zero-order valence-corrected chi connectivity index (χ0v) is 15.9. The van der Waals surface area contributed by atoms with E-state index in [1.807, 2.05) is 13.8 Å². The summed E-state index contributed by atoms with van der Waals surface area (Å²) in [6.45, 7) is 3.81. The Hall–Kier alpha value is -2.74. The molecule has 0 unspecified atom stereocenters. The van der Waals surface area contributed by atoms with Gasteiger partial charge in [-0.2, -0.15) is 0 Å². The van der Waals surface area contributed by atoms with E-state index >= 15 is 0 Å². The molecule has 0 saturated carbocycles. The predicted molar refractivity (Wildman–Crippen MR) is 102 cm³/mol. The molecule has 7 nitrogen and oxygen atoms in total. The van der Waals surface area contributed by atoms with Crippen LogP contribution in [0.3, 0.4) is 0 Å². The Balaban J connectivity index is 2.12. The highest BCUT2D eigenvalue weighted by Crippen LogP contribution is 2.29. The second-order valence-corrected chi connectivity index (χ2v) is 7.69. The summed E-state index contributed by atoms with van der Waals surface area (Å²) in [6.07, 6.45) is 1.06. The molecule has 0 bridgehead atoms. The Bertz CT molecular complexity index is 877. The molecular formula is C18H22N2O5S. The van der Waals surface area contributed by atoms with Gasteiger partial charge in [0, 0.05) is 16.9 Å². The molecule has 0 aliphatic heterocycles. The van der Waals surface area contributed by atoms with Crippen molar-refractivity contribution in [3.8, 4) is 11.5 Å². The van der Waals surface area contributed by atoms with E-state index in [4.69, 9.17) is 9.47 Å². The SMILES string of the molecule is COc1cc(C(=O)Nc2ccc(NS(C)(=O)=O)cc2)ccc1OC(C)C. The van der Waals surface area contributed by atoms with E-state index in [1.54, 1.807) is 42.5 Å². The number of sulfonamides is 1. The van der Waals surface area contributed by atoms with Gasteiger partial charge in [-0.3, -0.25) is 9.52 Å². The minimum absolute atomic E-state index is 0.0114. The summed E-state index contributed by atoms with van der Waals surface area (Å²) in [5.41, 5.74) is 1.37. The van der Waals surface area contributed by atoms with Gasteiger partial charge in [-0.05, 0) is 56.3 Å². The maximum Gasteiger partial charge on any atom is 0.255 e. The van der Waals surface area contributed by atoms with Crippen LogP contribution in [0.4, 0.5) is 11.4 Å². The minimum atomic E-state index is -3.34. The largest absolute Gasteiger partial charge is 0.493 e. The highest BCUT2D eigenvalue weighted by molar-refractivity contribution is 7.92. The lowest BCUT2D eigenvalue weighted by molar-refractivity contribution is 0.102. The van der Waals surface area contributed by atoms with Gasteiger partial charge < -0.3 is 14.8 Å². The Labute approximate surface area is 153 Å². The molecule has 0 saturated heterocycles. The van der Waals surface area contributed by atoms with E-state index in [1.165, 1.54) is 7.11 Å². The van der Waals surface area contributed by atoms with Crippen LogP contribution in [0.1, 0.15) is 24.2 Å². The molecule has 0 aliphatic carbocycles. The number of amides is 1. The van der Waals surface area contributed by atoms with E-state index in [9.17, 15) is 13.2 Å². The second kappa shape index (κ2) is 8.09. The molecule has 2 aromatic rings. The summed E-state index contributed by atoms with van der Waals surface area (Å²) >= 11 is 0. The average molecular weight is 378 g/mol. The zero-order chi connectivity index (χ0) is 19.3. The van der Waals surface area contributed by atoms with Crippen LogP contribution in [0.2, 0.25) is 0 Å². The number of methoxy groups -OCH3 is 1. The van der Waals surface area contributed by atoms with Crippen molar-refractivity contribution in [1.29, 1.82) is 0 Å². The van der Waals surface area contributed by atoms with E-state index in [-0.39, 0.29) is 12.0 Å². The normalized spacial score (nSPS) is 11.1. The molecule has 2 N–H and O–H groups in total. The highest BCUT2D eigenvalue weighted by Gasteiger charge is 2.12. The third-order valence-electron chi connectivity index (χ3n) is 3.23. The molecule has 1 amide bonds. The minimum Gasteiger partial charge on any atom is -0.493 e. The molecule has 0 spiro atoms. The molecule has 2 aromatic carbocycles. The van der Waals surface area contributed by atoms with Gasteiger partial charge in [0.2, 0.25) is 10.0 Å². The topological polar surface area (TPSA) is 93.7 Å². The molecule has 8 heteroatoms. The first-order chi connectivity index (χ1) is 12.2. The first-order valence-electron chi connectivity index (χ1n) is 7.92. The Morgan fingerprint density at radius 3 is 2.15 bits per heavy atom. The molecule has 2 rings (SSSR count). The molecule has 140 valence electrons. The molecule has 0 aliphatic rings. The van der Waals surface area contributed by atoms with E-state index < -0.39 is 10.0 Å². The summed E-state index contributed by atoms with van der Waals surface area (Å²) in [5, 5.41) is 2.75. The lowest BCUT2D eigenvalue weighted by Crippen LogP contribution is -2.13. The van der Waals surface area contributed by atoms with Crippen LogP contribution >= 0.6 is 0 Å². The van der Waals surface area contributed by atoms with E-state index in [2.05, 4.69) is 10.0 Å². The smallest absolute Gasteiger partial charge is 0.255 e. The summed E-state index contributed by atoms with van der Waals surface area (Å²) in [4.78, 5) is 12.4. The maximum absolute atomic E-state index is 12.4. The molecule has 0 atom stereocenters. The number of carbonyl (C=O) groups is 1. The van der Waals surface area contributed by atoms with Crippen LogP contribution in [0, 0.1) is 0 Å². The summed E-state index contributed by atoms with van der Waals surface area (Å²) in [5.74, 6) is 0.720. The summed E-state index contributed by atoms with van der Waals surface area (Å²) in [7, 11) is -1.83. The van der Waals surface area contributed by atoms with Crippen molar-refractivity contribution in [2.75, 3.05) is 23.4 Å². The van der Waals surface area contributed by atoms with Crippen molar-refractivity contribution < 1.29 is 22.7 Å². The quantitative estimate of drug-likeness (QED) is 0.772. The molecule has 0 radical (unpaired) electrons. The number of hydrogen-bond acceptors (Lipinski definition) is 5. The van der Waals surface area contributed by atoms with E-state index in [0.717, 1.165) is 6.26 Å². The number of nitrogens with one attached hydrogen (secondary N) is 2. The number of rotatable bonds is 7. The van der Waals surface area contributed by atoms with Gasteiger partial charge in [0.05, 0.1) is 19.5 Å². The van der Waals surface area contributed by atoms with Crippen LogP contribution in [0.15, 0.2) is 42.5 Å². The molecule has 0 fully saturated rings. The van der Waals surface area contributed by atoms with Crippen LogP contribution in [-0.4, -0.2) is 33.8 Å². The van der Waals surface area contributed by atoms with Gasteiger partial charge in [-0.25, -0.2) is 8.42 Å². The van der Waals surface area contributed by atoms with Crippen LogP contribution in [0.5, 0.6) is 11.5 Å². The first kappa shape index (κ1) is 19.6. The number of hydrogen-bond donors (Lipinski definition) is 2. The third kappa shape index (κ3) is 5.66. The summed E-state index contributed by atoms with van der Waals surface area (Å²) < 4.78 is 35.7. The van der Waals surface area contributed by atoms with Gasteiger partial charge in [0.1, 0.15) is 0 Å². The fourth-order valence-electron chi connectivity index (χ4n) is 2.20. The van der Waals surface area contributed by atoms with Crippen molar-refractivity contribution in [3.63, 3.8) is 0 Å². The maximum atomic E-state index is 12.4. The number of ether oxygens (including phenoxy) is 2. The lowest BCUT2D eigenvalue weighted by atomic mass is 10.1. The fraction of sp³-hybridized carbons (Fsp3) is 0.278. The number of benzene rings is 2. The van der Waals surface area contributed by atoms with Crippen molar-refractivity contribution in [3.05, 3.63) is 48.0 Å². The molecule has 0 aromatic heterocycles. The first-order valence-corrected chi connectivity index (χ1v) is 9.81. The molecule has 0 heterocycles. The standard InChI is InChI=1S/C18H22N2O5S/c1-12(2)25-16-10-5-13(11-17(16)24-3)18(21)19-14-6-8-15(9-7-14)20-26(4,22)23/h5-12,20H,1-4H3,(H,19,21). The monoisotopic (exact) mass is 378 g/mol. The molecular weight excluding hydrogens is 356 g/mol. The predicted octanol–water partition coefficient (Wildman–Crippen LogP) is 3.11. The van der Waals surface area contributed by atoms with Gasteiger partial charge in [-0.1, -0.05) is 0 Å². The second-order valence-electron chi connectivity index (χ2n) is 5.94. The van der Waals surface area contributed by atoms with Crippen molar-refractivity contribution in [1.82, 2.24) is 0 Å². The van der Waals surface area contributed by atoms with Crippen LogP contribution in [0.25, 0.3) is 0 Å². The molecule has 26 heavy (non-hydrogen) atoms. The van der Waals surface area contributed by atoms with Crippen molar-refractivity contribution in [2.24, 2.45) is 0 Å². The van der Waals surface area contributed by atoms with Crippen LogP contribution < -0.4 is 19.5 Å². The van der Waals surface area contributed by atoms with Crippen LogP contribution in [-0.2, 0) is 10.0 Å². The van der Waals surface area contributed by atoms with Crippen molar-refractivity contribution >= 4 is 27.3 Å². The van der Waals surface area contributed by atoms with Crippen molar-refractivity contribution in [2.45, 2.75) is 20.0 Å². The third-order valence-corrected chi connectivity index (χ3v) is 3.84. The fourth-order valence-corrected chi connectivity index (χ4v) is 2.76. The highest BCUT2D eigenvalue weighted by atomic mass is 32.2. The Kier molecular flexibility index (Phi) is 6.10. The number of anilines is 2. The Morgan fingerprint density at radius 1 is 1.00 bits per heavy atom. The lowest BCUT2D eigenvalue weighted by Gasteiger charge is -2.14. The average Bonchev–Trinajstić information content (AvgIpc) is 2.55. The summed E-state index contributed by atoms with van der Waals surface area (Å²) in [6, 6.07) is 11.3. The van der Waals surface area contributed by atoms with E-state index in [0.29, 0.717) is 28.4 Å². The van der Waals surface area contributed by atoms with Gasteiger partial charge in [0.15, 0.2) is 11.5 Å². The zero-order valence-electron chi connectivity index (χ0n) is 15.1. The van der Waals surface area contributed by atoms with Gasteiger partial charge in [0.25, 0.3) is 5.91 Å². The van der Waals surface area contributed by atoms with Gasteiger partial charge in [-0.15, -0.1) is 0 Å². The van der Waals surface area contributed by atoms with Gasteiger partial charge >= 0.3 is 0 Å².